The maximum absolute atomic E-state index is 14.0. The van der Waals surface area contributed by atoms with Gasteiger partial charge in [-0.15, -0.1) is 5.10 Å². The molecule has 3 N–H and O–H groups in total. The summed E-state index contributed by atoms with van der Waals surface area (Å²) in [7, 11) is 0. The lowest BCUT2D eigenvalue weighted by atomic mass is 10.2. The number of amides is 1. The predicted molar refractivity (Wildman–Crippen MR) is 83.2 cm³/mol. The van der Waals surface area contributed by atoms with Gasteiger partial charge in [-0.1, -0.05) is 6.07 Å². The van der Waals surface area contributed by atoms with E-state index in [-0.39, 0.29) is 29.0 Å². The lowest BCUT2D eigenvalue weighted by Crippen LogP contribution is -2.14. The number of nitrogens with zero attached hydrogens (tertiary/aromatic N) is 6. The summed E-state index contributed by atoms with van der Waals surface area (Å²) in [6.45, 7) is 0. The fraction of sp³-hybridized carbons (Fsp3) is 0. The number of aromatic amines is 2. The van der Waals surface area contributed by atoms with Crippen LogP contribution in [0.5, 0.6) is 0 Å². The van der Waals surface area contributed by atoms with E-state index in [1.54, 1.807) is 6.20 Å². The molecule has 10 nitrogen and oxygen atoms in total. The monoisotopic (exact) mass is 357 g/mol. The van der Waals surface area contributed by atoms with Crippen molar-refractivity contribution in [3.05, 3.63) is 54.2 Å². The van der Waals surface area contributed by atoms with Crippen LogP contribution in [0.4, 0.5) is 14.7 Å². The fourth-order valence-corrected chi connectivity index (χ4v) is 2.23. The van der Waals surface area contributed by atoms with Gasteiger partial charge in [-0.2, -0.15) is 4.68 Å². The molecule has 0 radical (unpaired) electrons. The second-order valence-corrected chi connectivity index (χ2v) is 5.02. The predicted octanol–water partition coefficient (Wildman–Crippen LogP) is 1.31. The smallest absolute Gasteiger partial charge is 0.293 e. The summed E-state index contributed by atoms with van der Waals surface area (Å²) in [4.78, 5) is 25.3. The molecule has 4 rings (SSSR count). The quantitative estimate of drug-likeness (QED) is 0.505. The minimum Gasteiger partial charge on any atom is -0.331 e. The van der Waals surface area contributed by atoms with Crippen LogP contribution in [-0.2, 0) is 0 Å². The Kier molecular flexibility index (Phi) is 3.69. The first-order chi connectivity index (χ1) is 12.6. The Morgan fingerprint density at radius 2 is 2.12 bits per heavy atom. The summed E-state index contributed by atoms with van der Waals surface area (Å²) < 4.78 is 28.6. The Bertz CT molecular complexity index is 1070. The largest absolute Gasteiger partial charge is 0.331 e. The molecule has 0 spiro atoms. The minimum absolute atomic E-state index is 0.0439. The van der Waals surface area contributed by atoms with Crippen molar-refractivity contribution >= 4 is 11.9 Å². The van der Waals surface area contributed by atoms with E-state index in [0.717, 1.165) is 10.7 Å². The maximum Gasteiger partial charge on any atom is 0.293 e. The molecule has 12 heteroatoms. The van der Waals surface area contributed by atoms with E-state index in [1.165, 1.54) is 24.5 Å². The van der Waals surface area contributed by atoms with Crippen LogP contribution in [0.3, 0.4) is 0 Å². The molecule has 0 aliphatic carbocycles. The summed E-state index contributed by atoms with van der Waals surface area (Å²) in [5, 5.41) is 13.4. The van der Waals surface area contributed by atoms with Crippen LogP contribution in [0.15, 0.2) is 36.8 Å². The van der Waals surface area contributed by atoms with Gasteiger partial charge in [0.05, 0.1) is 11.8 Å². The number of imidazole rings is 2. The average molecular weight is 357 g/mol. The number of benzene rings is 1. The van der Waals surface area contributed by atoms with Crippen molar-refractivity contribution in [2.75, 3.05) is 5.32 Å². The minimum atomic E-state index is -1.08. The number of hydrogen-bond acceptors (Lipinski definition) is 6. The standard InChI is InChI=1S/C14H9F2N9O/c15-8-3-1-2-7(10(8)16)12-22-23-24-25(12)9-6-19-11(20-9)13(26)21-14-17-4-5-18-14/h1-6H,(H,19,20)(H2,17,18,21,26). The molecule has 0 fully saturated rings. The van der Waals surface area contributed by atoms with Gasteiger partial charge >= 0.3 is 0 Å². The van der Waals surface area contributed by atoms with Crippen LogP contribution >= 0.6 is 0 Å². The van der Waals surface area contributed by atoms with Gasteiger partial charge in [-0.05, 0) is 22.6 Å². The highest BCUT2D eigenvalue weighted by Crippen LogP contribution is 2.23. The molecule has 0 unspecified atom stereocenters. The van der Waals surface area contributed by atoms with Crippen molar-refractivity contribution in [3.8, 4) is 17.2 Å². The van der Waals surface area contributed by atoms with Crippen LogP contribution in [-0.4, -0.2) is 46.1 Å². The lowest BCUT2D eigenvalue weighted by Gasteiger charge is -2.03. The van der Waals surface area contributed by atoms with Gasteiger partial charge in [-0.25, -0.2) is 18.7 Å². The van der Waals surface area contributed by atoms with Gasteiger partial charge in [0.2, 0.25) is 5.95 Å². The number of H-pyrrole nitrogens is 2. The summed E-state index contributed by atoms with van der Waals surface area (Å²) in [5.74, 6) is -2.32. The number of rotatable bonds is 4. The Balaban J connectivity index is 1.66. The molecule has 4 aromatic rings. The van der Waals surface area contributed by atoms with Crippen LogP contribution in [0.2, 0.25) is 0 Å². The van der Waals surface area contributed by atoms with E-state index in [4.69, 9.17) is 0 Å². The average Bonchev–Trinajstić information content (AvgIpc) is 3.37. The molecule has 0 bridgehead atoms. The van der Waals surface area contributed by atoms with Crippen molar-refractivity contribution in [1.29, 1.82) is 0 Å². The van der Waals surface area contributed by atoms with Crippen molar-refractivity contribution in [1.82, 2.24) is 40.1 Å². The second kappa shape index (κ2) is 6.16. The number of tetrazole rings is 1. The summed E-state index contributed by atoms with van der Waals surface area (Å²) in [6.07, 6.45) is 4.31. The highest BCUT2D eigenvalue weighted by atomic mass is 19.2. The molecule has 0 aliphatic heterocycles. The van der Waals surface area contributed by atoms with Gasteiger partial charge < -0.3 is 9.97 Å². The van der Waals surface area contributed by atoms with Crippen LogP contribution < -0.4 is 5.32 Å². The van der Waals surface area contributed by atoms with Crippen LogP contribution in [0, 0.1) is 11.6 Å². The lowest BCUT2D eigenvalue weighted by molar-refractivity contribution is 0.101. The first-order valence-corrected chi connectivity index (χ1v) is 7.22. The molecular formula is C14H9F2N9O. The Morgan fingerprint density at radius 1 is 1.23 bits per heavy atom. The number of carbonyl (C=O) groups is 1. The Labute approximate surface area is 143 Å². The van der Waals surface area contributed by atoms with Gasteiger partial charge in [0.1, 0.15) is 0 Å². The second-order valence-electron chi connectivity index (χ2n) is 5.02. The summed E-state index contributed by atoms with van der Waals surface area (Å²) >= 11 is 0. The zero-order valence-corrected chi connectivity index (χ0v) is 12.8. The van der Waals surface area contributed by atoms with Gasteiger partial charge in [0.25, 0.3) is 5.91 Å². The molecule has 1 amide bonds. The van der Waals surface area contributed by atoms with Gasteiger partial charge in [0, 0.05) is 12.4 Å². The van der Waals surface area contributed by atoms with E-state index < -0.39 is 17.5 Å². The van der Waals surface area contributed by atoms with E-state index in [1.807, 2.05) is 0 Å². The molecule has 3 heterocycles. The molecule has 1 aromatic carbocycles. The maximum atomic E-state index is 14.0. The Hall–Kier alpha value is -3.96. The van der Waals surface area contributed by atoms with Crippen molar-refractivity contribution in [2.45, 2.75) is 0 Å². The molecule has 0 saturated carbocycles. The van der Waals surface area contributed by atoms with Gasteiger partial charge in [0.15, 0.2) is 29.1 Å². The SMILES string of the molecule is O=C(Nc1ncc[nH]1)c1ncc(-n2nnnc2-c2cccc(F)c2F)[nH]1. The highest BCUT2D eigenvalue weighted by molar-refractivity contribution is 6.00. The number of anilines is 1. The number of halogens is 2. The van der Waals surface area contributed by atoms with E-state index in [9.17, 15) is 13.6 Å². The number of carbonyl (C=O) groups excluding carboxylic acids is 1. The molecule has 26 heavy (non-hydrogen) atoms. The van der Waals surface area contributed by atoms with Crippen LogP contribution in [0.1, 0.15) is 10.6 Å². The van der Waals surface area contributed by atoms with Crippen molar-refractivity contribution < 1.29 is 13.6 Å². The van der Waals surface area contributed by atoms with E-state index in [2.05, 4.69) is 40.8 Å². The first kappa shape index (κ1) is 15.6. The molecule has 0 saturated heterocycles. The molecule has 0 atom stereocenters. The van der Waals surface area contributed by atoms with Gasteiger partial charge in [-0.3, -0.25) is 10.1 Å². The Morgan fingerprint density at radius 3 is 2.92 bits per heavy atom. The normalized spacial score (nSPS) is 10.8. The molecule has 3 aromatic heterocycles. The first-order valence-electron chi connectivity index (χ1n) is 7.22. The zero-order valence-electron chi connectivity index (χ0n) is 12.8. The third kappa shape index (κ3) is 2.68. The summed E-state index contributed by atoms with van der Waals surface area (Å²) in [5.41, 5.74) is -0.133. The van der Waals surface area contributed by atoms with E-state index in [0.29, 0.717) is 0 Å². The molecule has 0 aliphatic rings. The highest BCUT2D eigenvalue weighted by Gasteiger charge is 2.20. The summed E-state index contributed by atoms with van der Waals surface area (Å²) in [6, 6.07) is 3.66. The zero-order chi connectivity index (χ0) is 18.1. The third-order valence-electron chi connectivity index (χ3n) is 3.40. The topological polar surface area (TPSA) is 130 Å². The van der Waals surface area contributed by atoms with Crippen molar-refractivity contribution in [2.24, 2.45) is 0 Å². The number of nitrogens with one attached hydrogen (secondary N) is 3. The van der Waals surface area contributed by atoms with Crippen LogP contribution in [0.25, 0.3) is 17.2 Å². The molecule has 130 valence electrons. The van der Waals surface area contributed by atoms with Crippen molar-refractivity contribution in [3.63, 3.8) is 0 Å². The number of hydrogen-bond donors (Lipinski definition) is 3. The third-order valence-corrected chi connectivity index (χ3v) is 3.40. The van der Waals surface area contributed by atoms with E-state index >= 15 is 0 Å². The number of aromatic nitrogens is 8. The molecular weight excluding hydrogens is 348 g/mol. The fourth-order valence-electron chi connectivity index (χ4n) is 2.23.